The summed E-state index contributed by atoms with van der Waals surface area (Å²) in [7, 11) is 0. The predicted octanol–water partition coefficient (Wildman–Crippen LogP) is 4.90. The van der Waals surface area contributed by atoms with Gasteiger partial charge in [0.2, 0.25) is 5.91 Å². The number of carboxylic acid groups (broad SMARTS) is 1. The van der Waals surface area contributed by atoms with Crippen molar-refractivity contribution >= 4 is 18.0 Å². The summed E-state index contributed by atoms with van der Waals surface area (Å²) in [4.78, 5) is 40.9. The molecule has 3 rings (SSSR count). The molecule has 2 aliphatic rings. The molecule has 188 valence electrons. The van der Waals surface area contributed by atoms with E-state index in [0.717, 1.165) is 55.6 Å². The molecule has 0 spiro atoms. The zero-order valence-corrected chi connectivity index (χ0v) is 20.1. The molecule has 1 aromatic rings. The second-order valence-electron chi connectivity index (χ2n) is 10.3. The Labute approximate surface area is 199 Å². The molecule has 1 saturated carbocycles. The Morgan fingerprint density at radius 2 is 1.65 bits per heavy atom. The fourth-order valence-corrected chi connectivity index (χ4v) is 4.94. The molecule has 0 aromatic heterocycles. The quantitative estimate of drug-likeness (QED) is 0.606. The normalized spacial score (nSPS) is 22.4. The van der Waals surface area contributed by atoms with Gasteiger partial charge in [-0.1, -0.05) is 38.5 Å². The summed E-state index contributed by atoms with van der Waals surface area (Å²) in [5, 5.41) is 9.48. The number of aliphatic carboxylic acids is 1. The van der Waals surface area contributed by atoms with Crippen LogP contribution in [0.5, 0.6) is 0 Å². The molecule has 1 N–H and O–H groups in total. The molecule has 0 radical (unpaired) electrons. The number of carboxylic acids is 1. The van der Waals surface area contributed by atoms with Crippen LogP contribution < -0.4 is 0 Å². The molecule has 1 heterocycles. The summed E-state index contributed by atoms with van der Waals surface area (Å²) in [6.45, 7) is 4.40. The Bertz CT molecular complexity index is 889. The maximum atomic E-state index is 14.0. The summed E-state index contributed by atoms with van der Waals surface area (Å²) in [5.41, 5.74) is -0.723. The average molecular weight is 481 g/mol. The minimum absolute atomic E-state index is 0.0913. The number of hydrogen-bond acceptors (Lipinski definition) is 4. The summed E-state index contributed by atoms with van der Waals surface area (Å²) >= 11 is 0. The van der Waals surface area contributed by atoms with Crippen LogP contribution in [0.25, 0.3) is 0 Å². The van der Waals surface area contributed by atoms with Gasteiger partial charge in [-0.2, -0.15) is 0 Å². The van der Waals surface area contributed by atoms with Crippen LogP contribution >= 0.6 is 0 Å². The van der Waals surface area contributed by atoms with Gasteiger partial charge in [0.05, 0.1) is 6.04 Å². The third kappa shape index (κ3) is 6.67. The van der Waals surface area contributed by atoms with Gasteiger partial charge in [0.15, 0.2) is 0 Å². The topological polar surface area (TPSA) is 87.2 Å². The lowest BCUT2D eigenvalue weighted by Crippen LogP contribution is -2.61. The molecule has 0 bridgehead atoms. The maximum absolute atomic E-state index is 14.0. The van der Waals surface area contributed by atoms with Crippen molar-refractivity contribution in [3.8, 4) is 0 Å². The zero-order chi connectivity index (χ0) is 25.0. The highest BCUT2D eigenvalue weighted by Crippen LogP contribution is 2.35. The van der Waals surface area contributed by atoms with E-state index in [4.69, 9.17) is 4.74 Å². The fraction of sp³-hybridized carbons (Fsp3) is 0.640. The zero-order valence-electron chi connectivity index (χ0n) is 20.1. The third-order valence-corrected chi connectivity index (χ3v) is 6.42. The monoisotopic (exact) mass is 480 g/mol. The van der Waals surface area contributed by atoms with Crippen molar-refractivity contribution in [3.63, 3.8) is 0 Å². The van der Waals surface area contributed by atoms with Crippen molar-refractivity contribution in [2.75, 3.05) is 13.1 Å². The summed E-state index contributed by atoms with van der Waals surface area (Å²) in [5.74, 6) is -3.26. The number of halogens is 2. The number of nitrogens with zero attached hydrogens (tertiary/aromatic N) is 2. The van der Waals surface area contributed by atoms with E-state index in [1.54, 1.807) is 20.8 Å². The molecule has 9 heteroatoms. The van der Waals surface area contributed by atoms with Gasteiger partial charge in [-0.05, 0) is 50.8 Å². The molecule has 1 aliphatic heterocycles. The first-order chi connectivity index (χ1) is 15.9. The molecule has 2 fully saturated rings. The smallest absolute Gasteiger partial charge is 0.411 e. The Balaban J connectivity index is 1.99. The van der Waals surface area contributed by atoms with E-state index in [-0.39, 0.29) is 18.0 Å². The predicted molar refractivity (Wildman–Crippen MR) is 121 cm³/mol. The second kappa shape index (κ2) is 10.7. The molecule has 1 aromatic carbocycles. The molecule has 7 nitrogen and oxygen atoms in total. The van der Waals surface area contributed by atoms with Crippen molar-refractivity contribution in [1.29, 1.82) is 0 Å². The minimum Gasteiger partial charge on any atom is -0.480 e. The van der Waals surface area contributed by atoms with Crippen LogP contribution in [0.15, 0.2) is 18.2 Å². The molecular formula is C25H34F2N2O5. The Morgan fingerprint density at radius 1 is 1.06 bits per heavy atom. The molecule has 2 amide bonds. The molecular weight excluding hydrogens is 446 g/mol. The van der Waals surface area contributed by atoms with Crippen LogP contribution in [0.2, 0.25) is 0 Å². The van der Waals surface area contributed by atoms with Crippen molar-refractivity contribution in [2.45, 2.75) is 83.4 Å². The number of rotatable bonds is 5. The fourth-order valence-electron chi connectivity index (χ4n) is 4.94. The molecule has 1 unspecified atom stereocenters. The standard InChI is InChI=1S/C25H34F2N2O5/c1-25(2,3)34-24(33)29-14-21(17-11-18(26)13-19(27)12-17)28(15-22(30)31)23(32)20(29)10-16-8-6-4-5-7-9-16/h11-13,16,20-21H,4-10,14-15H2,1-3H3,(H,30,31)/t20-,21?/m1/s1. The van der Waals surface area contributed by atoms with Crippen LogP contribution in [0.4, 0.5) is 13.6 Å². The van der Waals surface area contributed by atoms with E-state index in [1.807, 2.05) is 0 Å². The Kier molecular flexibility index (Phi) is 8.15. The molecule has 1 saturated heterocycles. The SMILES string of the molecule is CC(C)(C)OC(=O)N1CC(c2cc(F)cc(F)c2)N(CC(=O)O)C(=O)[C@H]1CC1CCCCCC1. The van der Waals surface area contributed by atoms with Gasteiger partial charge >= 0.3 is 12.1 Å². The van der Waals surface area contributed by atoms with Crippen LogP contribution in [0, 0.1) is 17.6 Å². The van der Waals surface area contributed by atoms with Crippen LogP contribution in [0.1, 0.15) is 77.3 Å². The van der Waals surface area contributed by atoms with Gasteiger partial charge in [0.1, 0.15) is 29.8 Å². The maximum Gasteiger partial charge on any atom is 0.411 e. The van der Waals surface area contributed by atoms with Crippen molar-refractivity contribution in [3.05, 3.63) is 35.4 Å². The first kappa shape index (κ1) is 25.9. The summed E-state index contributed by atoms with van der Waals surface area (Å²) in [6.07, 6.45) is 5.92. The first-order valence-corrected chi connectivity index (χ1v) is 11.9. The van der Waals surface area contributed by atoms with Crippen LogP contribution in [0.3, 0.4) is 0 Å². The Morgan fingerprint density at radius 3 is 2.18 bits per heavy atom. The average Bonchev–Trinajstić information content (AvgIpc) is 2.97. The van der Waals surface area contributed by atoms with Crippen LogP contribution in [-0.4, -0.2) is 57.6 Å². The van der Waals surface area contributed by atoms with E-state index in [0.29, 0.717) is 12.5 Å². The largest absolute Gasteiger partial charge is 0.480 e. The number of hydrogen-bond donors (Lipinski definition) is 1. The van der Waals surface area contributed by atoms with Gasteiger partial charge in [-0.3, -0.25) is 14.5 Å². The Hall–Kier alpha value is -2.71. The van der Waals surface area contributed by atoms with Gasteiger partial charge < -0.3 is 14.7 Å². The molecule has 34 heavy (non-hydrogen) atoms. The number of carbonyl (C=O) groups excluding carboxylic acids is 2. The van der Waals surface area contributed by atoms with E-state index < -0.39 is 53.8 Å². The van der Waals surface area contributed by atoms with Gasteiger partial charge in [-0.25, -0.2) is 13.6 Å². The molecule has 1 aliphatic carbocycles. The van der Waals surface area contributed by atoms with Gasteiger partial charge in [0, 0.05) is 12.6 Å². The number of benzene rings is 1. The summed E-state index contributed by atoms with van der Waals surface area (Å²) in [6, 6.07) is 0.915. The first-order valence-electron chi connectivity index (χ1n) is 11.9. The highest BCUT2D eigenvalue weighted by atomic mass is 19.1. The lowest BCUT2D eigenvalue weighted by atomic mass is 9.88. The number of piperazine rings is 1. The van der Waals surface area contributed by atoms with Gasteiger partial charge in [0.25, 0.3) is 0 Å². The van der Waals surface area contributed by atoms with E-state index in [1.165, 1.54) is 4.90 Å². The number of ether oxygens (including phenoxy) is 1. The number of amides is 2. The van der Waals surface area contributed by atoms with Crippen LogP contribution in [-0.2, 0) is 14.3 Å². The van der Waals surface area contributed by atoms with E-state index >= 15 is 0 Å². The lowest BCUT2D eigenvalue weighted by Gasteiger charge is -2.46. The second-order valence-corrected chi connectivity index (χ2v) is 10.3. The molecule has 2 atom stereocenters. The van der Waals surface area contributed by atoms with E-state index in [2.05, 4.69) is 0 Å². The van der Waals surface area contributed by atoms with E-state index in [9.17, 15) is 28.3 Å². The highest BCUT2D eigenvalue weighted by Gasteiger charge is 2.46. The number of carbonyl (C=O) groups is 3. The van der Waals surface area contributed by atoms with Crippen molar-refractivity contribution in [1.82, 2.24) is 9.80 Å². The third-order valence-electron chi connectivity index (χ3n) is 6.42. The van der Waals surface area contributed by atoms with Gasteiger partial charge in [-0.15, -0.1) is 0 Å². The lowest BCUT2D eigenvalue weighted by molar-refractivity contribution is -0.154. The van der Waals surface area contributed by atoms with Crippen molar-refractivity contribution in [2.24, 2.45) is 5.92 Å². The summed E-state index contributed by atoms with van der Waals surface area (Å²) < 4.78 is 33.6. The van der Waals surface area contributed by atoms with Crippen molar-refractivity contribution < 1.29 is 33.0 Å². The minimum atomic E-state index is -1.24. The highest BCUT2D eigenvalue weighted by molar-refractivity contribution is 5.90.